The lowest BCUT2D eigenvalue weighted by Gasteiger charge is -2.02. The average Bonchev–Trinajstić information content (AvgIpc) is 1.99. The van der Waals surface area contributed by atoms with Gasteiger partial charge in [0.05, 0.1) is 5.75 Å². The molecule has 78 valence electrons. The maximum Gasteiger partial charge on any atom is 0.236 e. The molecule has 1 rings (SSSR count). The van der Waals surface area contributed by atoms with Gasteiger partial charge in [0.1, 0.15) is 5.82 Å². The van der Waals surface area contributed by atoms with E-state index in [1.807, 2.05) is 6.92 Å². The highest BCUT2D eigenvalue weighted by atomic mass is 35.7. The summed E-state index contributed by atoms with van der Waals surface area (Å²) in [4.78, 5) is 0. The lowest BCUT2D eigenvalue weighted by Crippen LogP contribution is -1.97. The minimum atomic E-state index is -3.61. The first-order valence-electron chi connectivity index (χ1n) is 4.11. The lowest BCUT2D eigenvalue weighted by atomic mass is 10.1. The van der Waals surface area contributed by atoms with Gasteiger partial charge in [-0.1, -0.05) is 13.0 Å². The molecule has 0 aliphatic carbocycles. The minimum Gasteiger partial charge on any atom is -0.212 e. The van der Waals surface area contributed by atoms with Gasteiger partial charge < -0.3 is 0 Å². The highest BCUT2D eigenvalue weighted by Crippen LogP contribution is 2.14. The first-order chi connectivity index (χ1) is 6.40. The van der Waals surface area contributed by atoms with Crippen LogP contribution in [0.3, 0.4) is 0 Å². The summed E-state index contributed by atoms with van der Waals surface area (Å²) in [6, 6.07) is 4.20. The summed E-state index contributed by atoms with van der Waals surface area (Å²) in [5.41, 5.74) is 1.15. The summed E-state index contributed by atoms with van der Waals surface area (Å²) in [5.74, 6) is -0.765. The summed E-state index contributed by atoms with van der Waals surface area (Å²) < 4.78 is 34.5. The van der Waals surface area contributed by atoms with E-state index in [4.69, 9.17) is 10.7 Å². The Morgan fingerprint density at radius 2 is 1.86 bits per heavy atom. The number of benzene rings is 1. The molecule has 0 spiro atoms. The van der Waals surface area contributed by atoms with E-state index < -0.39 is 14.9 Å². The van der Waals surface area contributed by atoms with Gasteiger partial charge in [0.2, 0.25) is 9.05 Å². The standard InChI is InChI=1S/C9H10ClFO2S/c1-2-7-3-8(5-9(11)4-7)6-14(10,12)13/h3-5H,2,6H2,1H3. The Kier molecular flexibility index (Phi) is 3.50. The van der Waals surface area contributed by atoms with Gasteiger partial charge in [-0.05, 0) is 29.7 Å². The summed E-state index contributed by atoms with van der Waals surface area (Å²) in [6.45, 7) is 1.87. The van der Waals surface area contributed by atoms with Gasteiger partial charge in [-0.25, -0.2) is 12.8 Å². The molecule has 0 saturated heterocycles. The number of aryl methyl sites for hydroxylation is 1. The molecule has 0 fully saturated rings. The number of hydrogen-bond acceptors (Lipinski definition) is 2. The van der Waals surface area contributed by atoms with Crippen molar-refractivity contribution in [3.8, 4) is 0 Å². The van der Waals surface area contributed by atoms with Crippen molar-refractivity contribution in [2.75, 3.05) is 0 Å². The molecule has 1 aromatic carbocycles. The maximum absolute atomic E-state index is 13.0. The molecule has 0 heterocycles. The molecule has 0 amide bonds. The summed E-state index contributed by atoms with van der Waals surface area (Å²) in [7, 11) is 1.45. The van der Waals surface area contributed by atoms with Crippen LogP contribution >= 0.6 is 10.7 Å². The van der Waals surface area contributed by atoms with Crippen LogP contribution in [0.1, 0.15) is 18.1 Å². The number of rotatable bonds is 3. The molecule has 0 N–H and O–H groups in total. The minimum absolute atomic E-state index is 0.334. The second kappa shape index (κ2) is 4.28. The van der Waals surface area contributed by atoms with Crippen LogP contribution in [0.4, 0.5) is 4.39 Å². The molecule has 0 aromatic heterocycles. The topological polar surface area (TPSA) is 34.1 Å². The van der Waals surface area contributed by atoms with Crippen molar-refractivity contribution in [2.45, 2.75) is 19.1 Å². The predicted octanol–water partition coefficient (Wildman–Crippen LogP) is 2.46. The summed E-state index contributed by atoms with van der Waals surface area (Å²) in [5, 5.41) is 0. The van der Waals surface area contributed by atoms with E-state index in [2.05, 4.69) is 0 Å². The molecule has 0 aliphatic heterocycles. The van der Waals surface area contributed by atoms with Crippen LogP contribution in [0.2, 0.25) is 0 Å². The normalized spacial score (nSPS) is 11.6. The molecule has 2 nitrogen and oxygen atoms in total. The zero-order valence-corrected chi connectivity index (χ0v) is 9.20. The third-order valence-electron chi connectivity index (χ3n) is 1.76. The third-order valence-corrected chi connectivity index (χ3v) is 2.77. The monoisotopic (exact) mass is 236 g/mol. The van der Waals surface area contributed by atoms with Gasteiger partial charge in [-0.15, -0.1) is 0 Å². The molecule has 0 radical (unpaired) electrons. The van der Waals surface area contributed by atoms with Crippen molar-refractivity contribution in [1.29, 1.82) is 0 Å². The third kappa shape index (κ3) is 3.64. The largest absolute Gasteiger partial charge is 0.236 e. The quantitative estimate of drug-likeness (QED) is 0.756. The van der Waals surface area contributed by atoms with Crippen LogP contribution in [-0.4, -0.2) is 8.42 Å². The van der Waals surface area contributed by atoms with Gasteiger partial charge in [-0.3, -0.25) is 0 Å². The Balaban J connectivity index is 3.04. The Labute approximate surface area is 87.1 Å². The zero-order chi connectivity index (χ0) is 10.8. The van der Waals surface area contributed by atoms with Crippen molar-refractivity contribution in [3.63, 3.8) is 0 Å². The van der Waals surface area contributed by atoms with Crippen LogP contribution in [0.15, 0.2) is 18.2 Å². The zero-order valence-electron chi connectivity index (χ0n) is 7.63. The van der Waals surface area contributed by atoms with Gasteiger partial charge in [0.15, 0.2) is 0 Å². The summed E-state index contributed by atoms with van der Waals surface area (Å²) in [6.07, 6.45) is 0.660. The second-order valence-electron chi connectivity index (χ2n) is 3.00. The van der Waals surface area contributed by atoms with Gasteiger partial charge in [0.25, 0.3) is 0 Å². The van der Waals surface area contributed by atoms with E-state index in [9.17, 15) is 12.8 Å². The highest BCUT2D eigenvalue weighted by molar-refractivity contribution is 8.13. The van der Waals surface area contributed by atoms with E-state index in [1.54, 1.807) is 6.07 Å². The predicted molar refractivity (Wildman–Crippen MR) is 54.3 cm³/mol. The van der Waals surface area contributed by atoms with Crippen molar-refractivity contribution < 1.29 is 12.8 Å². The second-order valence-corrected chi connectivity index (χ2v) is 5.78. The molecule has 1 aromatic rings. The van der Waals surface area contributed by atoms with Crippen LogP contribution < -0.4 is 0 Å². The van der Waals surface area contributed by atoms with Crippen LogP contribution in [0, 0.1) is 5.82 Å². The van der Waals surface area contributed by atoms with Crippen molar-refractivity contribution in [1.82, 2.24) is 0 Å². The molecule has 0 saturated carbocycles. The molecule has 0 atom stereocenters. The van der Waals surface area contributed by atoms with Crippen LogP contribution in [-0.2, 0) is 21.2 Å². The first kappa shape index (κ1) is 11.5. The lowest BCUT2D eigenvalue weighted by molar-refractivity contribution is 0.607. The number of halogens is 2. The fourth-order valence-electron chi connectivity index (χ4n) is 1.20. The number of hydrogen-bond donors (Lipinski definition) is 0. The molecule has 0 bridgehead atoms. The first-order valence-corrected chi connectivity index (χ1v) is 6.59. The smallest absolute Gasteiger partial charge is 0.212 e. The van der Waals surface area contributed by atoms with Gasteiger partial charge >= 0.3 is 0 Å². The van der Waals surface area contributed by atoms with Crippen LogP contribution in [0.5, 0.6) is 0 Å². The van der Waals surface area contributed by atoms with Crippen molar-refractivity contribution >= 4 is 19.7 Å². The molecule has 0 aliphatic rings. The van der Waals surface area contributed by atoms with Crippen molar-refractivity contribution in [2.24, 2.45) is 0 Å². The van der Waals surface area contributed by atoms with E-state index in [1.165, 1.54) is 12.1 Å². The van der Waals surface area contributed by atoms with E-state index >= 15 is 0 Å². The van der Waals surface area contributed by atoms with E-state index in [-0.39, 0.29) is 5.75 Å². The van der Waals surface area contributed by atoms with E-state index in [0.717, 1.165) is 5.56 Å². The Morgan fingerprint density at radius 3 is 2.36 bits per heavy atom. The molecular formula is C9H10ClFO2S. The Bertz CT molecular complexity index is 428. The summed E-state index contributed by atoms with van der Waals surface area (Å²) >= 11 is 0. The highest BCUT2D eigenvalue weighted by Gasteiger charge is 2.08. The fraction of sp³-hybridized carbons (Fsp3) is 0.333. The van der Waals surface area contributed by atoms with Gasteiger partial charge in [0, 0.05) is 10.7 Å². The SMILES string of the molecule is CCc1cc(F)cc(CS(=O)(=O)Cl)c1. The molecule has 0 unspecified atom stereocenters. The molecule has 5 heteroatoms. The fourth-order valence-corrected chi connectivity index (χ4v) is 2.15. The molecule has 14 heavy (non-hydrogen) atoms. The van der Waals surface area contributed by atoms with Crippen molar-refractivity contribution in [3.05, 3.63) is 35.1 Å². The average molecular weight is 237 g/mol. The van der Waals surface area contributed by atoms with Gasteiger partial charge in [-0.2, -0.15) is 0 Å². The van der Waals surface area contributed by atoms with Crippen LogP contribution in [0.25, 0.3) is 0 Å². The Morgan fingerprint density at radius 1 is 1.29 bits per heavy atom. The Hall–Kier alpha value is -0.610. The molecular weight excluding hydrogens is 227 g/mol. The van der Waals surface area contributed by atoms with E-state index in [0.29, 0.717) is 12.0 Å². The maximum atomic E-state index is 13.0.